The van der Waals surface area contributed by atoms with Gasteiger partial charge in [0.25, 0.3) is 0 Å². The molecule has 4 heteroatoms. The van der Waals surface area contributed by atoms with Crippen molar-refractivity contribution in [2.75, 3.05) is 19.6 Å². The van der Waals surface area contributed by atoms with Crippen LogP contribution in [0.3, 0.4) is 0 Å². The van der Waals surface area contributed by atoms with Gasteiger partial charge in [0.05, 0.1) is 0 Å². The van der Waals surface area contributed by atoms with E-state index in [0.717, 1.165) is 38.8 Å². The first kappa shape index (κ1) is 24.0. The van der Waals surface area contributed by atoms with Gasteiger partial charge in [-0.25, -0.2) is 0 Å². The van der Waals surface area contributed by atoms with E-state index in [4.69, 9.17) is 0 Å². The van der Waals surface area contributed by atoms with E-state index in [1.807, 2.05) is 41.3 Å². The molecule has 0 saturated carbocycles. The molecule has 0 aliphatic carbocycles. The molecule has 1 fully saturated rings. The van der Waals surface area contributed by atoms with Crippen molar-refractivity contribution in [2.24, 2.45) is 5.92 Å². The lowest BCUT2D eigenvalue weighted by Crippen LogP contribution is -2.44. The quantitative estimate of drug-likeness (QED) is 0.536. The highest BCUT2D eigenvalue weighted by molar-refractivity contribution is 5.78. The van der Waals surface area contributed by atoms with Crippen LogP contribution in [0.5, 0.6) is 0 Å². The van der Waals surface area contributed by atoms with Gasteiger partial charge in [-0.3, -0.25) is 9.59 Å². The molecular formula is C28H38N2O2. The van der Waals surface area contributed by atoms with E-state index in [1.54, 1.807) is 0 Å². The smallest absolute Gasteiger partial charge is 0.223 e. The molecule has 1 saturated heterocycles. The second kappa shape index (κ2) is 12.4. The molecule has 1 heterocycles. The van der Waals surface area contributed by atoms with Crippen molar-refractivity contribution in [1.29, 1.82) is 0 Å². The summed E-state index contributed by atoms with van der Waals surface area (Å²) in [5.41, 5.74) is 2.47. The summed E-state index contributed by atoms with van der Waals surface area (Å²) in [5.74, 6) is 1.22. The molecule has 2 aromatic carbocycles. The van der Waals surface area contributed by atoms with Gasteiger partial charge in [-0.1, -0.05) is 74.5 Å². The van der Waals surface area contributed by atoms with Gasteiger partial charge in [-0.15, -0.1) is 0 Å². The summed E-state index contributed by atoms with van der Waals surface area (Å²) >= 11 is 0. The van der Waals surface area contributed by atoms with Gasteiger partial charge in [-0.05, 0) is 54.6 Å². The molecule has 0 bridgehead atoms. The van der Waals surface area contributed by atoms with Gasteiger partial charge in [0.1, 0.15) is 0 Å². The highest BCUT2D eigenvalue weighted by Crippen LogP contribution is 2.26. The Kier molecular flexibility index (Phi) is 9.33. The predicted octanol–water partition coefficient (Wildman–Crippen LogP) is 5.51. The van der Waals surface area contributed by atoms with Gasteiger partial charge in [0, 0.05) is 32.5 Å². The van der Waals surface area contributed by atoms with E-state index in [9.17, 15) is 9.59 Å². The van der Waals surface area contributed by atoms with Crippen molar-refractivity contribution in [3.8, 4) is 0 Å². The number of hydrogen-bond acceptors (Lipinski definition) is 2. The highest BCUT2D eigenvalue weighted by Gasteiger charge is 2.26. The lowest BCUT2D eigenvalue weighted by molar-refractivity contribution is -0.133. The molecule has 2 unspecified atom stereocenters. The molecule has 2 amide bonds. The van der Waals surface area contributed by atoms with Crippen molar-refractivity contribution in [2.45, 2.75) is 64.2 Å². The summed E-state index contributed by atoms with van der Waals surface area (Å²) in [6.45, 7) is 6.53. The van der Waals surface area contributed by atoms with Crippen LogP contribution in [-0.2, 0) is 9.59 Å². The number of hydrogen-bond donors (Lipinski definition) is 1. The number of nitrogens with one attached hydrogen (secondary N) is 1. The predicted molar refractivity (Wildman–Crippen MR) is 130 cm³/mol. The molecule has 32 heavy (non-hydrogen) atoms. The van der Waals surface area contributed by atoms with Gasteiger partial charge >= 0.3 is 0 Å². The summed E-state index contributed by atoms with van der Waals surface area (Å²) in [6, 6.07) is 20.6. The molecule has 1 N–H and O–H groups in total. The Morgan fingerprint density at radius 2 is 1.47 bits per heavy atom. The molecule has 0 radical (unpaired) electrons. The molecule has 0 spiro atoms. The minimum atomic E-state index is 0.110. The second-order valence-electron chi connectivity index (χ2n) is 9.09. The van der Waals surface area contributed by atoms with Crippen LogP contribution in [0, 0.1) is 5.92 Å². The number of piperidine rings is 1. The van der Waals surface area contributed by atoms with E-state index < -0.39 is 0 Å². The fourth-order valence-electron chi connectivity index (χ4n) is 4.80. The summed E-state index contributed by atoms with van der Waals surface area (Å²) in [7, 11) is 0. The number of benzene rings is 2. The lowest BCUT2D eigenvalue weighted by atomic mass is 9.91. The van der Waals surface area contributed by atoms with E-state index in [2.05, 4.69) is 43.4 Å². The highest BCUT2D eigenvalue weighted by atomic mass is 16.2. The number of likely N-dealkylation sites (tertiary alicyclic amines) is 1. The summed E-state index contributed by atoms with van der Waals surface area (Å²) < 4.78 is 0. The van der Waals surface area contributed by atoms with Crippen LogP contribution in [0.4, 0.5) is 0 Å². The molecule has 2 aromatic rings. The Bertz CT molecular complexity index is 837. The van der Waals surface area contributed by atoms with Crippen molar-refractivity contribution in [3.05, 3.63) is 71.8 Å². The molecule has 1 aliphatic heterocycles. The van der Waals surface area contributed by atoms with Crippen LogP contribution < -0.4 is 5.32 Å². The van der Waals surface area contributed by atoms with Crippen LogP contribution in [-0.4, -0.2) is 36.3 Å². The molecular weight excluding hydrogens is 396 g/mol. The summed E-state index contributed by atoms with van der Waals surface area (Å²) in [6.07, 6.45) is 5.07. The largest absolute Gasteiger partial charge is 0.356 e. The SMILES string of the molecule is CCC(CC(=O)NC[C@@H]1CCCN(C(=O)CC(CC)c2ccccc2)C1)c1ccccc1. The molecule has 3 rings (SSSR count). The first-order chi connectivity index (χ1) is 15.6. The Morgan fingerprint density at radius 1 is 0.906 bits per heavy atom. The number of amides is 2. The molecule has 3 atom stereocenters. The molecule has 172 valence electrons. The fraction of sp³-hybridized carbons (Fsp3) is 0.500. The van der Waals surface area contributed by atoms with E-state index in [0.29, 0.717) is 25.3 Å². The number of carbonyl (C=O) groups is 2. The number of carbonyl (C=O) groups excluding carboxylic acids is 2. The molecule has 1 aliphatic rings. The number of rotatable bonds is 10. The topological polar surface area (TPSA) is 49.4 Å². The monoisotopic (exact) mass is 434 g/mol. The third-order valence-corrected chi connectivity index (χ3v) is 6.84. The average Bonchev–Trinajstić information content (AvgIpc) is 2.85. The zero-order valence-electron chi connectivity index (χ0n) is 19.6. The Morgan fingerprint density at radius 3 is 2.03 bits per heavy atom. The normalized spacial score (nSPS) is 18.1. The maximum Gasteiger partial charge on any atom is 0.223 e. The summed E-state index contributed by atoms with van der Waals surface area (Å²) in [5, 5.41) is 3.15. The summed E-state index contributed by atoms with van der Waals surface area (Å²) in [4.78, 5) is 27.6. The van der Waals surface area contributed by atoms with E-state index in [-0.39, 0.29) is 23.7 Å². The van der Waals surface area contributed by atoms with Crippen LogP contribution in [0.1, 0.15) is 75.3 Å². The van der Waals surface area contributed by atoms with E-state index in [1.165, 1.54) is 11.1 Å². The van der Waals surface area contributed by atoms with Crippen molar-refractivity contribution >= 4 is 11.8 Å². The Labute approximate surface area is 193 Å². The minimum Gasteiger partial charge on any atom is -0.356 e. The zero-order chi connectivity index (χ0) is 22.8. The Balaban J connectivity index is 1.47. The third kappa shape index (κ3) is 6.94. The maximum absolute atomic E-state index is 13.0. The first-order valence-electron chi connectivity index (χ1n) is 12.2. The van der Waals surface area contributed by atoms with Crippen molar-refractivity contribution in [1.82, 2.24) is 10.2 Å². The minimum absolute atomic E-state index is 0.110. The maximum atomic E-state index is 13.0. The molecule has 4 nitrogen and oxygen atoms in total. The van der Waals surface area contributed by atoms with Gasteiger partial charge in [-0.2, -0.15) is 0 Å². The van der Waals surface area contributed by atoms with Crippen LogP contribution in [0.2, 0.25) is 0 Å². The fourth-order valence-corrected chi connectivity index (χ4v) is 4.80. The zero-order valence-corrected chi connectivity index (χ0v) is 19.6. The molecule has 0 aromatic heterocycles. The van der Waals surface area contributed by atoms with Crippen LogP contribution in [0.15, 0.2) is 60.7 Å². The van der Waals surface area contributed by atoms with Crippen molar-refractivity contribution in [3.63, 3.8) is 0 Å². The van der Waals surface area contributed by atoms with E-state index >= 15 is 0 Å². The Hall–Kier alpha value is -2.62. The van der Waals surface area contributed by atoms with Gasteiger partial charge < -0.3 is 10.2 Å². The third-order valence-electron chi connectivity index (χ3n) is 6.84. The van der Waals surface area contributed by atoms with Gasteiger partial charge in [0.15, 0.2) is 0 Å². The standard InChI is InChI=1S/C28H38N2O2/c1-3-23(25-13-7-5-8-14-25)18-27(31)29-20-22-12-11-17-30(21-22)28(32)19-24(4-2)26-15-9-6-10-16-26/h5-10,13-16,22-24H,3-4,11-12,17-21H2,1-2H3,(H,29,31)/t22-,23?,24?/m0/s1. The van der Waals surface area contributed by atoms with Crippen LogP contribution >= 0.6 is 0 Å². The first-order valence-corrected chi connectivity index (χ1v) is 12.2. The second-order valence-corrected chi connectivity index (χ2v) is 9.09. The van der Waals surface area contributed by atoms with Gasteiger partial charge in [0.2, 0.25) is 11.8 Å². The van der Waals surface area contributed by atoms with Crippen LogP contribution in [0.25, 0.3) is 0 Å². The van der Waals surface area contributed by atoms with Crippen molar-refractivity contribution < 1.29 is 9.59 Å². The number of nitrogens with zero attached hydrogens (tertiary/aromatic N) is 1. The lowest BCUT2D eigenvalue weighted by Gasteiger charge is -2.34. The average molecular weight is 435 g/mol.